The molecule has 0 radical (unpaired) electrons. The number of rotatable bonds is 3. The van der Waals surface area contributed by atoms with Gasteiger partial charge in [0.25, 0.3) is 0 Å². The summed E-state index contributed by atoms with van der Waals surface area (Å²) in [6.07, 6.45) is 5.41. The van der Waals surface area contributed by atoms with Gasteiger partial charge in [-0.1, -0.05) is 0 Å². The maximum atomic E-state index is 11.0. The lowest BCUT2D eigenvalue weighted by Crippen LogP contribution is -2.00. The minimum absolute atomic E-state index is 0.786. The van der Waals surface area contributed by atoms with Gasteiger partial charge in [-0.3, -0.25) is 0 Å². The van der Waals surface area contributed by atoms with E-state index < -0.39 is 11.0 Å². The van der Waals surface area contributed by atoms with Crippen LogP contribution >= 0.6 is 0 Å². The zero-order valence-electron chi connectivity index (χ0n) is 9.81. The first kappa shape index (κ1) is 11.7. The number of anilines is 2. The van der Waals surface area contributed by atoms with Crippen molar-refractivity contribution in [2.75, 3.05) is 16.7 Å². The largest absolute Gasteiger partial charge is 0.399 e. The average Bonchev–Trinajstić information content (AvgIpc) is 2.69. The molecule has 0 bridgehead atoms. The van der Waals surface area contributed by atoms with Crippen LogP contribution in [0.25, 0.3) is 5.69 Å². The topological polar surface area (TPSA) is 60.0 Å². The van der Waals surface area contributed by atoms with Crippen LogP contribution in [-0.4, -0.2) is 15.0 Å². The van der Waals surface area contributed by atoms with E-state index in [-0.39, 0.29) is 0 Å². The summed E-state index contributed by atoms with van der Waals surface area (Å²) in [5.41, 5.74) is 9.48. The van der Waals surface area contributed by atoms with Crippen LogP contribution < -0.4 is 10.5 Å². The SMILES string of the molecule is Cc1cc(-n2ccc(NS(C)=O)c2)ccc1N. The summed E-state index contributed by atoms with van der Waals surface area (Å²) >= 11 is 0. The lowest BCUT2D eigenvalue weighted by Gasteiger charge is -2.06. The Morgan fingerprint density at radius 1 is 1.35 bits per heavy atom. The van der Waals surface area contributed by atoms with Crippen LogP contribution in [0.3, 0.4) is 0 Å². The summed E-state index contributed by atoms with van der Waals surface area (Å²) < 4.78 is 15.8. The molecule has 2 rings (SSSR count). The van der Waals surface area contributed by atoms with Gasteiger partial charge >= 0.3 is 0 Å². The average molecular weight is 249 g/mol. The van der Waals surface area contributed by atoms with Gasteiger partial charge in [-0.15, -0.1) is 0 Å². The molecule has 1 atom stereocenters. The van der Waals surface area contributed by atoms with Crippen molar-refractivity contribution >= 4 is 22.4 Å². The minimum Gasteiger partial charge on any atom is -0.399 e. The van der Waals surface area contributed by atoms with E-state index in [9.17, 15) is 4.21 Å². The number of aryl methyl sites for hydroxylation is 1. The van der Waals surface area contributed by atoms with E-state index in [2.05, 4.69) is 4.72 Å². The van der Waals surface area contributed by atoms with Crippen LogP contribution in [0, 0.1) is 6.92 Å². The fourth-order valence-electron chi connectivity index (χ4n) is 1.60. The van der Waals surface area contributed by atoms with Gasteiger partial charge in [0.1, 0.15) is 11.0 Å². The van der Waals surface area contributed by atoms with Gasteiger partial charge in [0.15, 0.2) is 0 Å². The van der Waals surface area contributed by atoms with Crippen LogP contribution in [0.15, 0.2) is 36.7 Å². The Morgan fingerprint density at radius 3 is 2.76 bits per heavy atom. The number of hydrogen-bond donors (Lipinski definition) is 2. The predicted molar refractivity (Wildman–Crippen MR) is 72.6 cm³/mol. The summed E-state index contributed by atoms with van der Waals surface area (Å²) in [7, 11) is -1.05. The third-order valence-electron chi connectivity index (χ3n) is 2.51. The number of nitrogens with one attached hydrogen (secondary N) is 1. The number of aromatic nitrogens is 1. The second-order valence-electron chi connectivity index (χ2n) is 3.90. The smallest absolute Gasteiger partial charge is 0.113 e. The Balaban J connectivity index is 2.30. The molecule has 0 amide bonds. The highest BCUT2D eigenvalue weighted by Gasteiger charge is 2.01. The third kappa shape index (κ3) is 2.68. The molecule has 1 aromatic carbocycles. The van der Waals surface area contributed by atoms with E-state index in [1.807, 2.05) is 48.1 Å². The number of benzene rings is 1. The van der Waals surface area contributed by atoms with Gasteiger partial charge in [0, 0.05) is 30.0 Å². The molecule has 3 N–H and O–H groups in total. The normalized spacial score (nSPS) is 12.4. The Labute approximate surface area is 103 Å². The molecule has 0 spiro atoms. The number of nitrogens with two attached hydrogens (primary N) is 1. The standard InChI is InChI=1S/C12H15N3OS/c1-9-7-11(3-4-12(9)13)15-6-5-10(8-15)14-17(2)16/h3-8,14H,13H2,1-2H3. The Hall–Kier alpha value is -1.75. The van der Waals surface area contributed by atoms with E-state index in [0.29, 0.717) is 0 Å². The first-order chi connectivity index (χ1) is 8.06. The first-order valence-electron chi connectivity index (χ1n) is 5.21. The van der Waals surface area contributed by atoms with E-state index in [1.54, 1.807) is 6.26 Å². The van der Waals surface area contributed by atoms with Crippen LogP contribution in [0.4, 0.5) is 11.4 Å². The molecule has 90 valence electrons. The predicted octanol–water partition coefficient (Wildman–Crippen LogP) is 2.07. The maximum Gasteiger partial charge on any atom is 0.113 e. The first-order valence-corrected chi connectivity index (χ1v) is 6.76. The molecule has 1 aromatic heterocycles. The Bertz CT molecular complexity index is 563. The molecule has 0 saturated heterocycles. The Kier molecular flexibility index (Phi) is 3.19. The molecule has 1 unspecified atom stereocenters. The molecular weight excluding hydrogens is 234 g/mol. The lowest BCUT2D eigenvalue weighted by atomic mass is 10.2. The zero-order valence-corrected chi connectivity index (χ0v) is 10.6. The summed E-state index contributed by atoms with van der Waals surface area (Å²) in [5, 5.41) is 0. The summed E-state index contributed by atoms with van der Waals surface area (Å²) in [6, 6.07) is 7.74. The summed E-state index contributed by atoms with van der Waals surface area (Å²) in [5.74, 6) is 0. The number of nitrogens with zero attached hydrogens (tertiary/aromatic N) is 1. The second-order valence-corrected chi connectivity index (χ2v) is 5.02. The molecule has 0 saturated carbocycles. The molecule has 0 aliphatic rings. The summed E-state index contributed by atoms with van der Waals surface area (Å²) in [4.78, 5) is 0. The van der Waals surface area contributed by atoms with Crippen LogP contribution in [-0.2, 0) is 11.0 Å². The molecular formula is C12H15N3OS. The molecule has 0 fully saturated rings. The van der Waals surface area contributed by atoms with Crippen molar-refractivity contribution in [3.05, 3.63) is 42.2 Å². The molecule has 1 heterocycles. The minimum atomic E-state index is -1.05. The Morgan fingerprint density at radius 2 is 2.12 bits per heavy atom. The number of nitrogen functional groups attached to an aromatic ring is 1. The highest BCUT2D eigenvalue weighted by Crippen LogP contribution is 2.18. The van der Waals surface area contributed by atoms with Crippen molar-refractivity contribution in [2.24, 2.45) is 0 Å². The van der Waals surface area contributed by atoms with Crippen LogP contribution in [0.5, 0.6) is 0 Å². The van der Waals surface area contributed by atoms with Gasteiger partial charge in [0.05, 0.1) is 5.69 Å². The fraction of sp³-hybridized carbons (Fsp3) is 0.167. The van der Waals surface area contributed by atoms with Gasteiger partial charge in [-0.25, -0.2) is 4.21 Å². The summed E-state index contributed by atoms with van der Waals surface area (Å²) in [6.45, 7) is 1.97. The van der Waals surface area contributed by atoms with E-state index in [0.717, 1.165) is 22.6 Å². The van der Waals surface area contributed by atoms with Crippen molar-refractivity contribution < 1.29 is 4.21 Å². The quantitative estimate of drug-likeness (QED) is 0.818. The molecule has 4 nitrogen and oxygen atoms in total. The molecule has 0 aliphatic carbocycles. The molecule has 17 heavy (non-hydrogen) atoms. The molecule has 5 heteroatoms. The highest BCUT2D eigenvalue weighted by atomic mass is 32.2. The fourth-order valence-corrected chi connectivity index (χ4v) is 2.06. The molecule has 0 aliphatic heterocycles. The number of hydrogen-bond acceptors (Lipinski definition) is 2. The van der Waals surface area contributed by atoms with E-state index >= 15 is 0 Å². The highest BCUT2D eigenvalue weighted by molar-refractivity contribution is 7.85. The van der Waals surface area contributed by atoms with Crippen LogP contribution in [0.2, 0.25) is 0 Å². The van der Waals surface area contributed by atoms with E-state index in [1.165, 1.54) is 0 Å². The van der Waals surface area contributed by atoms with Crippen molar-refractivity contribution in [1.82, 2.24) is 4.57 Å². The third-order valence-corrected chi connectivity index (χ3v) is 3.03. The van der Waals surface area contributed by atoms with Crippen molar-refractivity contribution in [1.29, 1.82) is 0 Å². The van der Waals surface area contributed by atoms with Crippen LogP contribution in [0.1, 0.15) is 5.56 Å². The van der Waals surface area contributed by atoms with Gasteiger partial charge in [-0.2, -0.15) is 0 Å². The van der Waals surface area contributed by atoms with Crippen molar-refractivity contribution in [2.45, 2.75) is 6.92 Å². The second kappa shape index (κ2) is 4.63. The lowest BCUT2D eigenvalue weighted by molar-refractivity contribution is 0.690. The van der Waals surface area contributed by atoms with Crippen molar-refractivity contribution in [3.8, 4) is 5.69 Å². The monoisotopic (exact) mass is 249 g/mol. The van der Waals surface area contributed by atoms with Crippen molar-refractivity contribution in [3.63, 3.8) is 0 Å². The van der Waals surface area contributed by atoms with Gasteiger partial charge in [0.2, 0.25) is 0 Å². The molecule has 2 aromatic rings. The zero-order chi connectivity index (χ0) is 12.4. The van der Waals surface area contributed by atoms with Gasteiger partial charge in [-0.05, 0) is 36.8 Å². The van der Waals surface area contributed by atoms with Gasteiger partial charge < -0.3 is 15.0 Å². The maximum absolute atomic E-state index is 11.0. The van der Waals surface area contributed by atoms with E-state index in [4.69, 9.17) is 5.73 Å².